The van der Waals surface area contributed by atoms with Crippen molar-refractivity contribution in [2.75, 3.05) is 26.2 Å². The average Bonchev–Trinajstić information content (AvgIpc) is 2.54. The first-order chi connectivity index (χ1) is 10.3. The fraction of sp³-hybridized carbons (Fsp3) is 1.00. The summed E-state index contributed by atoms with van der Waals surface area (Å²) in [4.78, 5) is 2.85. The van der Waals surface area contributed by atoms with Gasteiger partial charge in [0.2, 0.25) is 0 Å². The van der Waals surface area contributed by atoms with Crippen molar-refractivity contribution in [3.8, 4) is 0 Å². The highest BCUT2D eigenvalue weighted by Crippen LogP contribution is 2.40. The maximum Gasteiger partial charge on any atom is 0.0697 e. The van der Waals surface area contributed by atoms with Crippen molar-refractivity contribution in [1.29, 1.82) is 0 Å². The third kappa shape index (κ3) is 3.80. The number of hydrogen-bond donors (Lipinski definition) is 1. The summed E-state index contributed by atoms with van der Waals surface area (Å²) in [6, 6.07) is 1.53. The van der Waals surface area contributed by atoms with Gasteiger partial charge in [-0.2, -0.15) is 0 Å². The summed E-state index contributed by atoms with van der Waals surface area (Å²) in [5.41, 5.74) is 0.245. The monoisotopic (exact) mass is 294 g/mol. The first kappa shape index (κ1) is 15.8. The van der Waals surface area contributed by atoms with Gasteiger partial charge in [0.05, 0.1) is 5.60 Å². The molecule has 1 N–H and O–H groups in total. The second kappa shape index (κ2) is 7.43. The molecule has 2 unspecified atom stereocenters. The first-order valence-electron chi connectivity index (χ1n) is 9.43. The van der Waals surface area contributed by atoms with E-state index >= 15 is 0 Å². The lowest BCUT2D eigenvalue weighted by Gasteiger charge is -2.49. The zero-order valence-corrected chi connectivity index (χ0v) is 13.9. The first-order valence-corrected chi connectivity index (χ1v) is 9.43. The molecule has 2 atom stereocenters. The molecule has 3 fully saturated rings. The largest absolute Gasteiger partial charge is 0.375 e. The van der Waals surface area contributed by atoms with Crippen LogP contribution in [0.25, 0.3) is 0 Å². The Morgan fingerprint density at radius 2 is 1.95 bits per heavy atom. The quantitative estimate of drug-likeness (QED) is 0.861. The fourth-order valence-corrected chi connectivity index (χ4v) is 4.87. The minimum Gasteiger partial charge on any atom is -0.375 e. The number of nitrogens with one attached hydrogen (secondary N) is 1. The summed E-state index contributed by atoms with van der Waals surface area (Å²) >= 11 is 0. The van der Waals surface area contributed by atoms with Gasteiger partial charge in [-0.15, -0.1) is 0 Å². The summed E-state index contributed by atoms with van der Waals surface area (Å²) in [5, 5.41) is 3.61. The number of piperidine rings is 1. The number of rotatable bonds is 4. The van der Waals surface area contributed by atoms with E-state index in [1.165, 1.54) is 83.8 Å². The molecule has 0 amide bonds. The van der Waals surface area contributed by atoms with Crippen LogP contribution in [0.2, 0.25) is 0 Å². The van der Waals surface area contributed by atoms with Gasteiger partial charge < -0.3 is 10.1 Å². The molecule has 3 rings (SSSR count). The van der Waals surface area contributed by atoms with Crippen LogP contribution >= 0.6 is 0 Å². The summed E-state index contributed by atoms with van der Waals surface area (Å²) in [6.07, 6.45) is 13.4. The normalized spacial score (nSPS) is 33.4. The molecule has 0 aromatic carbocycles. The molecule has 0 aromatic heterocycles. The molecule has 2 aliphatic heterocycles. The number of hydrogen-bond acceptors (Lipinski definition) is 3. The maximum atomic E-state index is 6.31. The van der Waals surface area contributed by atoms with E-state index in [1.54, 1.807) is 0 Å². The van der Waals surface area contributed by atoms with Gasteiger partial charge in [-0.1, -0.05) is 26.2 Å². The fourth-order valence-electron chi connectivity index (χ4n) is 4.87. The Bertz CT molecular complexity index is 303. The zero-order valence-electron chi connectivity index (χ0n) is 13.9. The van der Waals surface area contributed by atoms with Crippen molar-refractivity contribution in [3.05, 3.63) is 0 Å². The van der Waals surface area contributed by atoms with Crippen LogP contribution in [0.15, 0.2) is 0 Å². The third-order valence-corrected chi connectivity index (χ3v) is 5.92. The van der Waals surface area contributed by atoms with Gasteiger partial charge in [-0.05, 0) is 58.0 Å². The van der Waals surface area contributed by atoms with Crippen molar-refractivity contribution < 1.29 is 4.74 Å². The van der Waals surface area contributed by atoms with Crippen LogP contribution in [0.1, 0.15) is 71.1 Å². The average molecular weight is 294 g/mol. The molecule has 0 aromatic rings. The molecule has 0 bridgehead atoms. The molecule has 1 spiro atoms. The van der Waals surface area contributed by atoms with E-state index in [4.69, 9.17) is 4.74 Å². The molecular formula is C18H34N2O. The van der Waals surface area contributed by atoms with Crippen LogP contribution in [-0.2, 0) is 4.74 Å². The molecule has 1 aliphatic carbocycles. The smallest absolute Gasteiger partial charge is 0.0697 e. The third-order valence-electron chi connectivity index (χ3n) is 5.92. The standard InChI is InChI=1S/C18H34N2O/c1-2-12-20(17-7-6-11-19-15-17)16-8-13-21-18(14-16)9-4-3-5-10-18/h16-17,19H,2-15H2,1H3. The van der Waals surface area contributed by atoms with Crippen LogP contribution in [-0.4, -0.2) is 48.8 Å². The van der Waals surface area contributed by atoms with Crippen molar-refractivity contribution in [2.45, 2.75) is 88.8 Å². The summed E-state index contributed by atoms with van der Waals surface area (Å²) in [6.45, 7) is 7.01. The van der Waals surface area contributed by atoms with Gasteiger partial charge in [-0.3, -0.25) is 4.90 Å². The summed E-state index contributed by atoms with van der Waals surface area (Å²) in [5.74, 6) is 0. The van der Waals surface area contributed by atoms with E-state index in [9.17, 15) is 0 Å². The van der Waals surface area contributed by atoms with Crippen LogP contribution in [0.5, 0.6) is 0 Å². The van der Waals surface area contributed by atoms with Crippen molar-refractivity contribution in [1.82, 2.24) is 10.2 Å². The number of ether oxygens (including phenoxy) is 1. The summed E-state index contributed by atoms with van der Waals surface area (Å²) in [7, 11) is 0. The van der Waals surface area contributed by atoms with Gasteiger partial charge in [-0.25, -0.2) is 0 Å². The van der Waals surface area contributed by atoms with Gasteiger partial charge >= 0.3 is 0 Å². The van der Waals surface area contributed by atoms with E-state index in [-0.39, 0.29) is 5.60 Å². The molecule has 3 aliphatic rings. The molecule has 1 saturated carbocycles. The second-order valence-corrected chi connectivity index (χ2v) is 7.48. The number of nitrogens with zero attached hydrogens (tertiary/aromatic N) is 1. The minimum atomic E-state index is 0.245. The molecular weight excluding hydrogens is 260 g/mol. The van der Waals surface area contributed by atoms with Crippen molar-refractivity contribution in [2.24, 2.45) is 0 Å². The van der Waals surface area contributed by atoms with Crippen molar-refractivity contribution in [3.63, 3.8) is 0 Å². The molecule has 2 heterocycles. The van der Waals surface area contributed by atoms with E-state index < -0.39 is 0 Å². The molecule has 122 valence electrons. The molecule has 21 heavy (non-hydrogen) atoms. The highest BCUT2D eigenvalue weighted by atomic mass is 16.5. The Morgan fingerprint density at radius 3 is 2.67 bits per heavy atom. The zero-order chi connectivity index (χ0) is 14.5. The van der Waals surface area contributed by atoms with Gasteiger partial charge in [0, 0.05) is 25.2 Å². The topological polar surface area (TPSA) is 24.5 Å². The Morgan fingerprint density at radius 1 is 1.10 bits per heavy atom. The van der Waals surface area contributed by atoms with E-state index in [0.29, 0.717) is 0 Å². The molecule has 3 nitrogen and oxygen atoms in total. The van der Waals surface area contributed by atoms with Crippen LogP contribution in [0.3, 0.4) is 0 Å². The minimum absolute atomic E-state index is 0.245. The predicted molar refractivity (Wildman–Crippen MR) is 87.7 cm³/mol. The maximum absolute atomic E-state index is 6.31. The second-order valence-electron chi connectivity index (χ2n) is 7.48. The highest BCUT2D eigenvalue weighted by molar-refractivity contribution is 4.95. The van der Waals surface area contributed by atoms with Crippen LogP contribution < -0.4 is 5.32 Å². The highest BCUT2D eigenvalue weighted by Gasteiger charge is 2.41. The van der Waals surface area contributed by atoms with Crippen molar-refractivity contribution >= 4 is 0 Å². The van der Waals surface area contributed by atoms with Gasteiger partial charge in [0.25, 0.3) is 0 Å². The molecule has 2 saturated heterocycles. The van der Waals surface area contributed by atoms with Crippen LogP contribution in [0.4, 0.5) is 0 Å². The Hall–Kier alpha value is -0.120. The SMILES string of the molecule is CCCN(C1CCCNC1)C1CCOC2(CCCCC2)C1. The lowest BCUT2D eigenvalue weighted by atomic mass is 9.77. The Kier molecular flexibility index (Phi) is 5.58. The van der Waals surface area contributed by atoms with Gasteiger partial charge in [0.15, 0.2) is 0 Å². The summed E-state index contributed by atoms with van der Waals surface area (Å²) < 4.78 is 6.31. The lowest BCUT2D eigenvalue weighted by molar-refractivity contribution is -0.129. The van der Waals surface area contributed by atoms with Crippen LogP contribution in [0, 0.1) is 0 Å². The Balaban J connectivity index is 1.66. The Labute approximate surface area is 130 Å². The van der Waals surface area contributed by atoms with E-state index in [0.717, 1.165) is 18.7 Å². The molecule has 0 radical (unpaired) electrons. The molecule has 3 heteroatoms. The van der Waals surface area contributed by atoms with E-state index in [2.05, 4.69) is 17.1 Å². The van der Waals surface area contributed by atoms with E-state index in [1.807, 2.05) is 0 Å². The van der Waals surface area contributed by atoms with Gasteiger partial charge in [0.1, 0.15) is 0 Å². The predicted octanol–water partition coefficient (Wildman–Crippen LogP) is 3.33. The lowest BCUT2D eigenvalue weighted by Crippen LogP contribution is -2.55.